The molecule has 1 heterocycles. The summed E-state index contributed by atoms with van der Waals surface area (Å²) >= 11 is 1.55. The van der Waals surface area contributed by atoms with Crippen LogP contribution in [-0.4, -0.2) is 22.6 Å². The average molecular weight is 326 g/mol. The number of carbonyl (C=O) groups is 1. The van der Waals surface area contributed by atoms with Gasteiger partial charge in [0.1, 0.15) is 6.04 Å². The Kier molecular flexibility index (Phi) is 3.61. The fourth-order valence-electron chi connectivity index (χ4n) is 3.07. The van der Waals surface area contributed by atoms with Crippen molar-refractivity contribution in [2.45, 2.75) is 25.8 Å². The molecule has 2 aromatic rings. The molecule has 5 nitrogen and oxygen atoms in total. The lowest BCUT2D eigenvalue weighted by Gasteiger charge is -2.31. The zero-order valence-electron chi connectivity index (χ0n) is 12.8. The number of allylic oxidation sites excluding steroid dienone is 2. The van der Waals surface area contributed by atoms with Crippen molar-refractivity contribution in [1.29, 1.82) is 0 Å². The molecule has 2 N–H and O–H groups in total. The van der Waals surface area contributed by atoms with Gasteiger partial charge in [-0.2, -0.15) is 5.10 Å². The predicted octanol–water partition coefficient (Wildman–Crippen LogP) is 3.16. The number of anilines is 1. The predicted molar refractivity (Wildman–Crippen MR) is 93.6 cm³/mol. The van der Waals surface area contributed by atoms with Crippen LogP contribution in [0.25, 0.3) is 10.2 Å². The number of rotatable bonds is 4. The highest BCUT2D eigenvalue weighted by molar-refractivity contribution is 7.22. The molecule has 0 bridgehead atoms. The van der Waals surface area contributed by atoms with Crippen LogP contribution in [0.5, 0.6) is 0 Å². The third kappa shape index (κ3) is 2.74. The van der Waals surface area contributed by atoms with E-state index in [-0.39, 0.29) is 11.9 Å². The fourth-order valence-corrected chi connectivity index (χ4v) is 4.02. The molecule has 1 aromatic heterocycles. The van der Waals surface area contributed by atoms with Gasteiger partial charge in [-0.05, 0) is 37.8 Å². The van der Waals surface area contributed by atoms with Crippen molar-refractivity contribution in [1.82, 2.24) is 10.4 Å². The van der Waals surface area contributed by atoms with E-state index in [9.17, 15) is 4.79 Å². The highest BCUT2D eigenvalue weighted by Crippen LogP contribution is 2.40. The number of amides is 1. The standard InChI is InChI=1S/C17H18N4OS/c1-10(18-17-19-13-7-2-3-8-15(13)23-17)16(22)21-20-14-9-11-5-4-6-12(11)14/h2-5,7-8,10-12H,6,9H2,1H3,(H,18,19)(H,21,22)/b20-14-/t10-,11+,12-/m0/s1. The van der Waals surface area contributed by atoms with Gasteiger partial charge in [-0.3, -0.25) is 4.79 Å². The number of hydrogen-bond donors (Lipinski definition) is 2. The molecule has 0 unspecified atom stereocenters. The number of benzene rings is 1. The second kappa shape index (κ2) is 5.77. The Morgan fingerprint density at radius 1 is 1.43 bits per heavy atom. The first-order valence-corrected chi connectivity index (χ1v) is 8.67. The number of aromatic nitrogens is 1. The highest BCUT2D eigenvalue weighted by atomic mass is 32.1. The lowest BCUT2D eigenvalue weighted by molar-refractivity contribution is -0.121. The normalized spacial score (nSPS) is 25.2. The third-order valence-corrected chi connectivity index (χ3v) is 5.47. The summed E-state index contributed by atoms with van der Waals surface area (Å²) in [5.41, 5.74) is 4.74. The van der Waals surface area contributed by atoms with Gasteiger partial charge in [-0.25, -0.2) is 10.4 Å². The molecule has 0 radical (unpaired) electrons. The van der Waals surface area contributed by atoms with Crippen molar-refractivity contribution in [3.05, 3.63) is 36.4 Å². The summed E-state index contributed by atoms with van der Waals surface area (Å²) in [5.74, 6) is 1.03. The van der Waals surface area contributed by atoms with E-state index < -0.39 is 0 Å². The van der Waals surface area contributed by atoms with Crippen LogP contribution >= 0.6 is 11.3 Å². The summed E-state index contributed by atoms with van der Waals surface area (Å²) in [5, 5.41) is 8.20. The Morgan fingerprint density at radius 3 is 3.13 bits per heavy atom. The number of para-hydroxylation sites is 1. The van der Waals surface area contributed by atoms with E-state index in [0.717, 1.165) is 33.9 Å². The first-order valence-electron chi connectivity index (χ1n) is 7.86. The Labute approximate surface area is 138 Å². The quantitative estimate of drug-likeness (QED) is 0.670. The lowest BCUT2D eigenvalue weighted by atomic mass is 9.74. The van der Waals surface area contributed by atoms with Gasteiger partial charge in [0.25, 0.3) is 5.91 Å². The number of carbonyl (C=O) groups excluding carboxylic acids is 1. The largest absolute Gasteiger partial charge is 0.350 e. The summed E-state index contributed by atoms with van der Waals surface area (Å²) in [6.07, 6.45) is 6.49. The van der Waals surface area contributed by atoms with Crippen LogP contribution in [0.1, 0.15) is 19.8 Å². The van der Waals surface area contributed by atoms with E-state index in [4.69, 9.17) is 0 Å². The van der Waals surface area contributed by atoms with Gasteiger partial charge in [0.05, 0.1) is 10.2 Å². The smallest absolute Gasteiger partial charge is 0.262 e. The van der Waals surface area contributed by atoms with Gasteiger partial charge in [0, 0.05) is 11.6 Å². The van der Waals surface area contributed by atoms with E-state index in [2.05, 4.69) is 33.0 Å². The molecule has 2 aliphatic carbocycles. The maximum Gasteiger partial charge on any atom is 0.262 e. The maximum atomic E-state index is 12.2. The Hall–Kier alpha value is -2.21. The van der Waals surface area contributed by atoms with E-state index in [1.165, 1.54) is 0 Å². The number of hydrazone groups is 1. The van der Waals surface area contributed by atoms with E-state index in [1.807, 2.05) is 31.2 Å². The summed E-state index contributed by atoms with van der Waals surface area (Å²) in [6, 6.07) is 7.56. The first-order chi connectivity index (χ1) is 11.2. The van der Waals surface area contributed by atoms with Crippen LogP contribution in [0.15, 0.2) is 41.5 Å². The second-order valence-corrected chi connectivity index (χ2v) is 7.10. The number of thiazole rings is 1. The summed E-state index contributed by atoms with van der Waals surface area (Å²) in [7, 11) is 0. The van der Waals surface area contributed by atoms with Crippen LogP contribution in [0.3, 0.4) is 0 Å². The van der Waals surface area contributed by atoms with Crippen molar-refractivity contribution in [3.8, 4) is 0 Å². The molecule has 6 heteroatoms. The molecule has 0 saturated heterocycles. The van der Waals surface area contributed by atoms with E-state index in [0.29, 0.717) is 11.8 Å². The summed E-state index contributed by atoms with van der Waals surface area (Å²) < 4.78 is 1.11. The topological polar surface area (TPSA) is 66.4 Å². The SMILES string of the molecule is C[C@H](Nc1nc2ccccc2s1)C(=O)N/N=C1/C[C@H]2C=CC[C@H]12. The summed E-state index contributed by atoms with van der Waals surface area (Å²) in [4.78, 5) is 16.7. The molecule has 1 fully saturated rings. The van der Waals surface area contributed by atoms with Crippen LogP contribution in [-0.2, 0) is 4.79 Å². The first kappa shape index (κ1) is 14.4. The van der Waals surface area contributed by atoms with Crippen molar-refractivity contribution in [2.75, 3.05) is 5.32 Å². The average Bonchev–Trinajstić information content (AvgIpc) is 3.10. The van der Waals surface area contributed by atoms with Crippen molar-refractivity contribution >= 4 is 38.3 Å². The van der Waals surface area contributed by atoms with Gasteiger partial charge in [-0.1, -0.05) is 35.6 Å². The fraction of sp³-hybridized carbons (Fsp3) is 0.353. The Morgan fingerprint density at radius 2 is 2.30 bits per heavy atom. The minimum atomic E-state index is -0.377. The van der Waals surface area contributed by atoms with Crippen LogP contribution in [0.4, 0.5) is 5.13 Å². The third-order valence-electron chi connectivity index (χ3n) is 4.50. The van der Waals surface area contributed by atoms with Crippen LogP contribution < -0.4 is 10.7 Å². The maximum absolute atomic E-state index is 12.2. The Bertz CT molecular complexity index is 777. The molecule has 1 aromatic carbocycles. The molecule has 3 atom stereocenters. The molecule has 23 heavy (non-hydrogen) atoms. The number of nitrogens with one attached hydrogen (secondary N) is 2. The van der Waals surface area contributed by atoms with Crippen molar-refractivity contribution in [3.63, 3.8) is 0 Å². The molecule has 0 spiro atoms. The molecule has 0 aliphatic heterocycles. The summed E-state index contributed by atoms with van der Waals surface area (Å²) in [6.45, 7) is 1.82. The van der Waals surface area contributed by atoms with Gasteiger partial charge in [0.15, 0.2) is 5.13 Å². The molecule has 2 aliphatic rings. The molecule has 118 valence electrons. The minimum Gasteiger partial charge on any atom is -0.350 e. The van der Waals surface area contributed by atoms with Crippen molar-refractivity contribution < 1.29 is 4.79 Å². The highest BCUT2D eigenvalue weighted by Gasteiger charge is 2.38. The minimum absolute atomic E-state index is 0.133. The van der Waals surface area contributed by atoms with E-state index in [1.54, 1.807) is 11.3 Å². The molecular formula is C17H18N4OS. The Balaban J connectivity index is 1.36. The number of hydrogen-bond acceptors (Lipinski definition) is 5. The lowest BCUT2D eigenvalue weighted by Crippen LogP contribution is -2.39. The molecule has 1 amide bonds. The molecular weight excluding hydrogens is 308 g/mol. The number of nitrogens with zero attached hydrogens (tertiary/aromatic N) is 2. The zero-order chi connectivity index (χ0) is 15.8. The van der Waals surface area contributed by atoms with Crippen LogP contribution in [0.2, 0.25) is 0 Å². The van der Waals surface area contributed by atoms with Gasteiger partial charge < -0.3 is 5.32 Å². The van der Waals surface area contributed by atoms with E-state index >= 15 is 0 Å². The van der Waals surface area contributed by atoms with Gasteiger partial charge in [-0.15, -0.1) is 0 Å². The molecule has 1 saturated carbocycles. The second-order valence-electron chi connectivity index (χ2n) is 6.07. The van der Waals surface area contributed by atoms with Crippen LogP contribution in [0, 0.1) is 11.8 Å². The monoisotopic (exact) mass is 326 g/mol. The van der Waals surface area contributed by atoms with Gasteiger partial charge >= 0.3 is 0 Å². The zero-order valence-corrected chi connectivity index (χ0v) is 13.6. The van der Waals surface area contributed by atoms with Crippen molar-refractivity contribution in [2.24, 2.45) is 16.9 Å². The number of fused-ring (bicyclic) bond motifs is 2. The van der Waals surface area contributed by atoms with Gasteiger partial charge in [0.2, 0.25) is 0 Å². The molecule has 4 rings (SSSR count).